The van der Waals surface area contributed by atoms with Crippen LogP contribution in [0.25, 0.3) is 21.9 Å². The second-order valence-electron chi connectivity index (χ2n) is 6.95. The number of aldehydes is 1. The minimum absolute atomic E-state index is 0.0281. The summed E-state index contributed by atoms with van der Waals surface area (Å²) < 4.78 is 21.6. The molecule has 2 N–H and O–H groups in total. The number of hydrogen-bond acceptors (Lipinski definition) is 9. The van der Waals surface area contributed by atoms with Gasteiger partial charge in [-0.15, -0.1) is 0 Å². The monoisotopic (exact) mass is 512 g/mol. The summed E-state index contributed by atoms with van der Waals surface area (Å²) in [7, 11) is 0. The number of aromatic carboxylic acids is 1. The van der Waals surface area contributed by atoms with E-state index < -0.39 is 28.7 Å². The lowest BCUT2D eigenvalue weighted by Crippen LogP contribution is -2.25. The molecule has 2 heterocycles. The van der Waals surface area contributed by atoms with Gasteiger partial charge in [-0.1, -0.05) is 39.8 Å². The van der Waals surface area contributed by atoms with Crippen molar-refractivity contribution in [2.45, 2.75) is 33.8 Å². The Balaban J connectivity index is 0.00000115. The van der Waals surface area contributed by atoms with Crippen LogP contribution in [0.5, 0.6) is 11.5 Å². The van der Waals surface area contributed by atoms with Crippen molar-refractivity contribution in [1.82, 2.24) is 0 Å². The largest absolute Gasteiger partial charge is 0.490 e. The minimum Gasteiger partial charge on any atom is -0.490 e. The first-order valence-corrected chi connectivity index (χ1v) is 11.6. The van der Waals surface area contributed by atoms with Gasteiger partial charge in [-0.25, -0.2) is 4.79 Å². The van der Waals surface area contributed by atoms with Crippen LogP contribution in [0, 0.1) is 0 Å². The summed E-state index contributed by atoms with van der Waals surface area (Å²) in [4.78, 5) is 46.6. The molecule has 0 aliphatic carbocycles. The number of ether oxygens (including phenoxy) is 2. The van der Waals surface area contributed by atoms with Crippen molar-refractivity contribution in [2.24, 2.45) is 0 Å². The normalized spacial score (nSPS) is 10.9. The third-order valence-corrected chi connectivity index (χ3v) is 4.64. The van der Waals surface area contributed by atoms with E-state index in [0.717, 1.165) is 12.1 Å². The highest BCUT2D eigenvalue weighted by atomic mass is 16.5. The van der Waals surface area contributed by atoms with Gasteiger partial charge in [-0.05, 0) is 24.3 Å². The molecule has 0 aliphatic heterocycles. The van der Waals surface area contributed by atoms with Gasteiger partial charge in [0, 0.05) is 12.1 Å². The van der Waals surface area contributed by atoms with E-state index in [1.807, 2.05) is 27.7 Å². The third kappa shape index (κ3) is 6.83. The average molecular weight is 513 g/mol. The number of carboxylic acid groups (broad SMARTS) is 1. The molecule has 10 heteroatoms. The van der Waals surface area contributed by atoms with Crippen LogP contribution in [0.1, 0.15) is 48.8 Å². The predicted octanol–water partition coefficient (Wildman–Crippen LogP) is 4.28. The Bertz CT molecular complexity index is 1480. The molecule has 0 radical (unpaired) electrons. The fraction of sp³-hybridized carbons (Fsp3) is 0.259. The zero-order valence-electron chi connectivity index (χ0n) is 20.8. The van der Waals surface area contributed by atoms with Gasteiger partial charge in [0.1, 0.15) is 52.8 Å². The molecule has 0 amide bonds. The van der Waals surface area contributed by atoms with Crippen molar-refractivity contribution in [2.75, 3.05) is 13.2 Å². The summed E-state index contributed by atoms with van der Waals surface area (Å²) in [6, 6.07) is 10.9. The average Bonchev–Trinajstić information content (AvgIpc) is 2.92. The Kier molecular flexibility index (Phi) is 10.6. The van der Waals surface area contributed by atoms with Crippen LogP contribution >= 0.6 is 0 Å². The molecule has 1 unspecified atom stereocenters. The Morgan fingerprint density at radius 3 is 1.84 bits per heavy atom. The summed E-state index contributed by atoms with van der Waals surface area (Å²) in [6.07, 6.45) is -0.728. The van der Waals surface area contributed by atoms with E-state index in [1.165, 1.54) is 30.3 Å². The fourth-order valence-electron chi connectivity index (χ4n) is 3.20. The smallest absolute Gasteiger partial charge is 0.371 e. The van der Waals surface area contributed by atoms with E-state index in [2.05, 4.69) is 0 Å². The molecule has 0 fully saturated rings. The Morgan fingerprint density at radius 1 is 0.865 bits per heavy atom. The molecule has 2 aromatic heterocycles. The number of aliphatic hydroxyl groups is 1. The van der Waals surface area contributed by atoms with Crippen LogP contribution in [-0.4, -0.2) is 41.8 Å². The van der Waals surface area contributed by atoms with Crippen LogP contribution in [0.3, 0.4) is 0 Å². The van der Waals surface area contributed by atoms with Crippen LogP contribution in [0.15, 0.2) is 67.0 Å². The van der Waals surface area contributed by atoms with Gasteiger partial charge in [-0.2, -0.15) is 0 Å². The van der Waals surface area contributed by atoms with E-state index in [9.17, 15) is 24.3 Å². The van der Waals surface area contributed by atoms with Crippen molar-refractivity contribution in [3.05, 3.63) is 80.5 Å². The summed E-state index contributed by atoms with van der Waals surface area (Å²) in [6.45, 7) is 7.48. The van der Waals surface area contributed by atoms with Crippen molar-refractivity contribution in [3.8, 4) is 11.5 Å². The number of benzene rings is 2. The maximum absolute atomic E-state index is 12.3. The molecule has 4 rings (SSSR count). The zero-order valence-corrected chi connectivity index (χ0v) is 20.8. The molecule has 0 saturated heterocycles. The number of carbonyl (C=O) groups excluding carboxylic acids is 1. The quantitative estimate of drug-likeness (QED) is 0.327. The van der Waals surface area contributed by atoms with Gasteiger partial charge in [0.2, 0.25) is 5.76 Å². The fourth-order valence-corrected chi connectivity index (χ4v) is 3.20. The van der Waals surface area contributed by atoms with Gasteiger partial charge in [0.25, 0.3) is 0 Å². The van der Waals surface area contributed by atoms with Crippen molar-refractivity contribution in [1.29, 1.82) is 0 Å². The van der Waals surface area contributed by atoms with Gasteiger partial charge in [0.05, 0.1) is 0 Å². The maximum Gasteiger partial charge on any atom is 0.371 e. The Labute approximate surface area is 211 Å². The van der Waals surface area contributed by atoms with Crippen LogP contribution in [0.4, 0.5) is 0 Å². The number of carboxylic acids is 1. The topological polar surface area (TPSA) is 153 Å². The second kappa shape index (κ2) is 13.6. The third-order valence-electron chi connectivity index (χ3n) is 4.64. The molecule has 10 nitrogen and oxygen atoms in total. The highest BCUT2D eigenvalue weighted by molar-refractivity contribution is 5.89. The van der Waals surface area contributed by atoms with Gasteiger partial charge in [-0.3, -0.25) is 14.4 Å². The van der Waals surface area contributed by atoms with E-state index in [0.29, 0.717) is 6.29 Å². The molecule has 196 valence electrons. The first-order valence-electron chi connectivity index (χ1n) is 11.6. The number of aliphatic hydroxyl groups excluding tert-OH is 1. The Morgan fingerprint density at radius 2 is 1.35 bits per heavy atom. The van der Waals surface area contributed by atoms with Crippen molar-refractivity contribution >= 4 is 34.2 Å². The van der Waals surface area contributed by atoms with Gasteiger partial charge in [0.15, 0.2) is 22.9 Å². The van der Waals surface area contributed by atoms with Crippen LogP contribution in [0.2, 0.25) is 0 Å². The molecular weight excluding hydrogens is 484 g/mol. The van der Waals surface area contributed by atoms with Gasteiger partial charge < -0.3 is 28.5 Å². The summed E-state index contributed by atoms with van der Waals surface area (Å²) in [5.74, 6) is -1.74. The van der Waals surface area contributed by atoms with Crippen molar-refractivity contribution < 1.29 is 38.1 Å². The first kappa shape index (κ1) is 28.8. The maximum atomic E-state index is 12.3. The molecular formula is C27H28O10. The number of carbonyl (C=O) groups is 2. The molecule has 0 saturated carbocycles. The molecule has 0 bridgehead atoms. The van der Waals surface area contributed by atoms with E-state index in [-0.39, 0.29) is 52.4 Å². The van der Waals surface area contributed by atoms with E-state index in [1.54, 1.807) is 6.07 Å². The number of hydrogen-bond donors (Lipinski definition) is 2. The second-order valence-corrected chi connectivity index (χ2v) is 6.95. The molecule has 0 spiro atoms. The summed E-state index contributed by atoms with van der Waals surface area (Å²) in [5, 5.41) is 19.5. The highest BCUT2D eigenvalue weighted by Crippen LogP contribution is 2.25. The van der Waals surface area contributed by atoms with Crippen molar-refractivity contribution in [3.63, 3.8) is 0 Å². The number of fused-ring (bicyclic) bond motifs is 2. The van der Waals surface area contributed by atoms with E-state index in [4.69, 9.17) is 23.4 Å². The SMILES string of the molecule is CC.CC.O=Cc1cc(=O)c2c(OCC(O)COc3cccc4oc(C(=O)O)cc(=O)c34)cccc2o1. The lowest BCUT2D eigenvalue weighted by molar-refractivity contribution is 0.0636. The van der Waals surface area contributed by atoms with Crippen LogP contribution in [-0.2, 0) is 0 Å². The highest BCUT2D eigenvalue weighted by Gasteiger charge is 2.16. The number of rotatable bonds is 8. The molecule has 37 heavy (non-hydrogen) atoms. The lowest BCUT2D eigenvalue weighted by atomic mass is 10.2. The first-order chi connectivity index (χ1) is 17.9. The summed E-state index contributed by atoms with van der Waals surface area (Å²) >= 11 is 0. The minimum atomic E-state index is -1.38. The zero-order chi connectivity index (χ0) is 27.5. The molecule has 1 atom stereocenters. The van der Waals surface area contributed by atoms with Crippen LogP contribution < -0.4 is 20.3 Å². The Hall–Kier alpha value is -4.44. The van der Waals surface area contributed by atoms with Gasteiger partial charge >= 0.3 is 5.97 Å². The molecule has 0 aliphatic rings. The lowest BCUT2D eigenvalue weighted by Gasteiger charge is -2.15. The van der Waals surface area contributed by atoms with E-state index >= 15 is 0 Å². The predicted molar refractivity (Wildman–Crippen MR) is 137 cm³/mol. The standard InChI is InChI=1S/C23H16O10.2C2H6/c24-9-13-7-14(26)21-16(3-1-5-18(21)32-13)30-10-12(25)11-31-17-4-2-6-19-22(17)15(27)8-20(33-19)23(28)29;2*1-2/h1-9,12,25H,10-11H2,(H,28,29);2*1-2H3. The molecule has 4 aromatic rings. The summed E-state index contributed by atoms with van der Waals surface area (Å²) in [5.41, 5.74) is -0.883. The molecule has 2 aromatic carbocycles.